The maximum atomic E-state index is 15.4. The molecule has 0 bridgehead atoms. The van der Waals surface area contributed by atoms with Gasteiger partial charge in [-0.1, -0.05) is 24.5 Å². The fraction of sp³-hybridized carbons (Fsp3) is 0.469. The molecule has 1 aliphatic heterocycles. The van der Waals surface area contributed by atoms with Crippen molar-refractivity contribution in [2.45, 2.75) is 68.9 Å². The predicted octanol–water partition coefficient (Wildman–Crippen LogP) is 4.58. The lowest BCUT2D eigenvalue weighted by Crippen LogP contribution is -2.52. The van der Waals surface area contributed by atoms with Crippen LogP contribution in [0.2, 0.25) is 0 Å². The van der Waals surface area contributed by atoms with Gasteiger partial charge in [-0.15, -0.1) is 10.2 Å². The molecule has 1 saturated carbocycles. The third kappa shape index (κ3) is 8.85. The van der Waals surface area contributed by atoms with E-state index in [2.05, 4.69) is 25.7 Å². The first-order chi connectivity index (χ1) is 26.4. The smallest absolute Gasteiger partial charge is 0.410 e. The van der Waals surface area contributed by atoms with Crippen LogP contribution in [0.5, 0.6) is 5.75 Å². The number of amides is 2. The molecule has 3 heterocycles. The second kappa shape index (κ2) is 15.5. The summed E-state index contributed by atoms with van der Waals surface area (Å²) >= 11 is 0.0936. The SMILES string of the molecule is [2H]C1([2H])C([2H])([2H])C([2H])([2H])C([2H])(Sc2nnc(COc3cc(F)c(/C(C=N)=N/NCC(=O)N4CCN(C(=O)OC(C)(C)C)CC4)cc3F)n2-c2cccnc2)C1([2H])[2H]. The van der Waals surface area contributed by atoms with E-state index in [0.717, 1.165) is 10.6 Å². The van der Waals surface area contributed by atoms with Crippen molar-refractivity contribution in [2.75, 3.05) is 32.7 Å². The van der Waals surface area contributed by atoms with Crippen molar-refractivity contribution in [2.24, 2.45) is 5.10 Å². The number of carbonyl (C=O) groups excluding carboxylic acids is 2. The van der Waals surface area contributed by atoms with E-state index < -0.39 is 72.0 Å². The van der Waals surface area contributed by atoms with Crippen molar-refractivity contribution in [1.29, 1.82) is 5.41 Å². The Morgan fingerprint density at radius 3 is 2.56 bits per heavy atom. The zero-order chi connectivity index (χ0) is 42.4. The Labute approximate surface area is 294 Å². The van der Waals surface area contributed by atoms with Crippen molar-refractivity contribution < 1.29 is 40.2 Å². The summed E-state index contributed by atoms with van der Waals surface area (Å²) in [7, 11) is 0. The molecule has 0 atom stereocenters. The highest BCUT2D eigenvalue weighted by atomic mass is 32.2. The van der Waals surface area contributed by atoms with Crippen molar-refractivity contribution >= 4 is 35.7 Å². The van der Waals surface area contributed by atoms with Crippen LogP contribution >= 0.6 is 11.8 Å². The first kappa shape index (κ1) is 24.5. The van der Waals surface area contributed by atoms with Gasteiger partial charge < -0.3 is 24.7 Å². The van der Waals surface area contributed by atoms with Gasteiger partial charge in [0, 0.05) is 67.8 Å². The molecule has 16 heteroatoms. The molecule has 5 rings (SSSR count). The van der Waals surface area contributed by atoms with Gasteiger partial charge in [0.05, 0.1) is 11.9 Å². The summed E-state index contributed by atoms with van der Waals surface area (Å²) in [5, 5.41) is 16.0. The Bertz CT molecular complexity index is 2020. The predicted molar refractivity (Wildman–Crippen MR) is 176 cm³/mol. The summed E-state index contributed by atoms with van der Waals surface area (Å²) < 4.78 is 118. The van der Waals surface area contributed by atoms with Gasteiger partial charge in [-0.25, -0.2) is 13.6 Å². The summed E-state index contributed by atoms with van der Waals surface area (Å²) in [5.41, 5.74) is 1.18. The number of halogens is 2. The molecule has 0 unspecified atom stereocenters. The van der Waals surface area contributed by atoms with E-state index in [-0.39, 0.29) is 72.8 Å². The standard InChI is InChI=1S/C32H39F2N9O4S/c1-32(2,3)47-31(45)42-13-11-41(12-14-42)29(44)19-37-38-26(17-35)23-15-25(34)27(16-24(23)33)46-20-28-39-40-30(48-22-8-4-5-9-22)43(28)21-7-6-10-36-18-21/h6-7,10,15-18,22,35,37H,4-5,8-9,11-14,19-20H2,1-3H3/b35-17?,38-26+/i4D2,5D2,8D2,9D2,22D. The molecular weight excluding hydrogens is 644 g/mol. The van der Waals surface area contributed by atoms with Crippen LogP contribution in [0.15, 0.2) is 46.9 Å². The number of hydrazone groups is 1. The largest absolute Gasteiger partial charge is 0.482 e. The Morgan fingerprint density at radius 2 is 1.90 bits per heavy atom. The number of aromatic nitrogens is 4. The van der Waals surface area contributed by atoms with E-state index in [1.807, 2.05) is 0 Å². The van der Waals surface area contributed by atoms with Crippen LogP contribution in [-0.4, -0.2) is 97.0 Å². The molecule has 1 aliphatic carbocycles. The number of rotatable bonds is 11. The van der Waals surface area contributed by atoms with E-state index >= 15 is 8.78 Å². The van der Waals surface area contributed by atoms with Gasteiger partial charge >= 0.3 is 6.09 Å². The number of hydrogen-bond acceptors (Lipinski definition) is 11. The highest BCUT2D eigenvalue weighted by molar-refractivity contribution is 7.99. The molecule has 256 valence electrons. The van der Waals surface area contributed by atoms with Crippen LogP contribution in [0.4, 0.5) is 13.6 Å². The lowest BCUT2D eigenvalue weighted by atomic mass is 10.1. The molecule has 2 aliphatic rings. The van der Waals surface area contributed by atoms with Gasteiger partial charge in [0.1, 0.15) is 30.3 Å². The fourth-order valence-corrected chi connectivity index (χ4v) is 5.24. The van der Waals surface area contributed by atoms with Crippen molar-refractivity contribution in [3.8, 4) is 11.4 Å². The Hall–Kier alpha value is -4.60. The number of ether oxygens (including phenoxy) is 2. The minimum absolute atomic E-state index is 0.0936. The number of benzene rings is 1. The van der Waals surface area contributed by atoms with E-state index in [9.17, 15) is 9.59 Å². The van der Waals surface area contributed by atoms with Gasteiger partial charge in [-0.05, 0) is 51.7 Å². The highest BCUT2D eigenvalue weighted by Crippen LogP contribution is 2.35. The third-order valence-electron chi connectivity index (χ3n) is 6.72. The number of piperazine rings is 1. The normalized spacial score (nSPS) is 23.4. The minimum Gasteiger partial charge on any atom is -0.482 e. The zero-order valence-corrected chi connectivity index (χ0v) is 27.0. The third-order valence-corrected chi connectivity index (χ3v) is 7.57. The van der Waals surface area contributed by atoms with Crippen molar-refractivity contribution in [3.63, 3.8) is 0 Å². The Balaban J connectivity index is 1.30. The average Bonchev–Trinajstić information content (AvgIpc) is 3.56. The van der Waals surface area contributed by atoms with E-state index in [1.54, 1.807) is 20.8 Å². The summed E-state index contributed by atoms with van der Waals surface area (Å²) in [6.07, 6.45) is -10.8. The lowest BCUT2D eigenvalue weighted by Gasteiger charge is -2.35. The molecule has 3 aromatic rings. The highest BCUT2D eigenvalue weighted by Gasteiger charge is 2.28. The summed E-state index contributed by atoms with van der Waals surface area (Å²) in [6.45, 7) is 5.23. The number of carbonyl (C=O) groups is 2. The first-order valence-corrected chi connectivity index (χ1v) is 15.4. The molecule has 48 heavy (non-hydrogen) atoms. The molecule has 2 aromatic heterocycles. The molecule has 2 N–H and O–H groups in total. The summed E-state index contributed by atoms with van der Waals surface area (Å²) in [6, 6.07) is 4.38. The topological polar surface area (TPSA) is 151 Å². The molecular formula is C32H39F2N9O4S. The van der Waals surface area contributed by atoms with Crippen LogP contribution in [0, 0.1) is 17.0 Å². The first-order valence-electron chi connectivity index (χ1n) is 19.1. The Kier molecular flexibility index (Phi) is 7.94. The number of nitrogens with one attached hydrogen (secondary N) is 2. The summed E-state index contributed by atoms with van der Waals surface area (Å²) in [4.78, 5) is 32.0. The molecule has 13 nitrogen and oxygen atoms in total. The maximum Gasteiger partial charge on any atom is 0.410 e. The second-order valence-electron chi connectivity index (χ2n) is 11.3. The van der Waals surface area contributed by atoms with Gasteiger partial charge in [0.2, 0.25) is 5.91 Å². The van der Waals surface area contributed by atoms with Gasteiger partial charge in [0.25, 0.3) is 0 Å². The Morgan fingerprint density at radius 1 is 1.17 bits per heavy atom. The fourth-order valence-electron chi connectivity index (χ4n) is 4.47. The number of hydrogen-bond donors (Lipinski definition) is 2. The number of thioether (sulfide) groups is 1. The molecule has 2 amide bonds. The van der Waals surface area contributed by atoms with Gasteiger partial charge in [-0.3, -0.25) is 19.8 Å². The molecule has 2 fully saturated rings. The van der Waals surface area contributed by atoms with Crippen LogP contribution in [0.3, 0.4) is 0 Å². The quantitative estimate of drug-likeness (QED) is 0.218. The molecule has 1 saturated heterocycles. The minimum atomic E-state index is -3.45. The number of pyridine rings is 1. The summed E-state index contributed by atoms with van der Waals surface area (Å²) in [5.74, 6) is -3.31. The molecule has 0 radical (unpaired) electrons. The van der Waals surface area contributed by atoms with Gasteiger partial charge in [-0.2, -0.15) is 5.10 Å². The van der Waals surface area contributed by atoms with Crippen LogP contribution < -0.4 is 10.2 Å². The maximum absolute atomic E-state index is 15.4. The monoisotopic (exact) mass is 692 g/mol. The van der Waals surface area contributed by atoms with Crippen molar-refractivity contribution in [1.82, 2.24) is 35.0 Å². The van der Waals surface area contributed by atoms with E-state index in [1.165, 1.54) is 34.3 Å². The van der Waals surface area contributed by atoms with Crippen molar-refractivity contribution in [3.05, 3.63) is 59.7 Å². The van der Waals surface area contributed by atoms with Crippen LogP contribution in [-0.2, 0) is 16.1 Å². The van der Waals surface area contributed by atoms with Crippen LogP contribution in [0.1, 0.15) is 70.0 Å². The average molecular weight is 693 g/mol. The van der Waals surface area contributed by atoms with Crippen LogP contribution in [0.25, 0.3) is 5.69 Å². The molecule has 0 spiro atoms. The van der Waals surface area contributed by atoms with E-state index in [0.29, 0.717) is 12.3 Å². The zero-order valence-electron chi connectivity index (χ0n) is 35.2. The van der Waals surface area contributed by atoms with Gasteiger partial charge in [0.15, 0.2) is 22.5 Å². The number of nitrogens with zero attached hydrogens (tertiary/aromatic N) is 7. The second-order valence-corrected chi connectivity index (χ2v) is 12.2. The molecule has 1 aromatic carbocycles. The lowest BCUT2D eigenvalue weighted by molar-refractivity contribution is -0.132. The van der Waals surface area contributed by atoms with E-state index in [4.69, 9.17) is 27.2 Å².